The molecule has 0 saturated carbocycles. The van der Waals surface area contributed by atoms with Crippen LogP contribution in [-0.4, -0.2) is 42.2 Å². The Morgan fingerprint density at radius 3 is 2.52 bits per heavy atom. The fourth-order valence-electron chi connectivity index (χ4n) is 2.34. The van der Waals surface area contributed by atoms with Gasteiger partial charge in [-0.25, -0.2) is 4.98 Å². The minimum Gasteiger partial charge on any atom is -0.493 e. The largest absolute Gasteiger partial charge is 0.493 e. The Hall–Kier alpha value is -4.08. The maximum Gasteiger partial charge on any atom is 0.259 e. The van der Waals surface area contributed by atoms with Crippen molar-refractivity contribution in [3.63, 3.8) is 0 Å². The Labute approximate surface area is 153 Å². The van der Waals surface area contributed by atoms with Gasteiger partial charge in [0.1, 0.15) is 0 Å². The van der Waals surface area contributed by atoms with Crippen LogP contribution in [0.2, 0.25) is 0 Å². The maximum absolute atomic E-state index is 9.27. The molecule has 3 heterocycles. The summed E-state index contributed by atoms with van der Waals surface area (Å²) in [5.41, 5.74) is 7.27. The molecule has 4 aromatic rings. The van der Waals surface area contributed by atoms with Gasteiger partial charge in [0.25, 0.3) is 5.89 Å². The number of pyridine rings is 1. The average molecular weight is 362 g/mol. The highest BCUT2D eigenvalue weighted by molar-refractivity contribution is 5.60. The Kier molecular flexibility index (Phi) is 4.05. The van der Waals surface area contributed by atoms with E-state index in [9.17, 15) is 5.11 Å². The normalized spacial score (nSPS) is 10.7. The van der Waals surface area contributed by atoms with Crippen molar-refractivity contribution in [2.75, 3.05) is 17.7 Å². The molecule has 4 rings (SSSR count). The predicted molar refractivity (Wildman–Crippen MR) is 96.9 cm³/mol. The van der Waals surface area contributed by atoms with Gasteiger partial charge in [0.2, 0.25) is 29.4 Å². The lowest BCUT2D eigenvalue weighted by molar-refractivity contribution is 0.430. The summed E-state index contributed by atoms with van der Waals surface area (Å²) in [4.78, 5) is 22.5. The molecule has 0 unspecified atom stereocenters. The van der Waals surface area contributed by atoms with Gasteiger partial charge in [-0.2, -0.15) is 19.9 Å². The molecule has 0 fully saturated rings. The average Bonchev–Trinajstić information content (AvgIpc) is 3.18. The second-order valence-electron chi connectivity index (χ2n) is 5.54. The number of aromatic nitrogens is 6. The fourth-order valence-corrected chi connectivity index (χ4v) is 2.34. The van der Waals surface area contributed by atoms with Crippen LogP contribution in [0.3, 0.4) is 0 Å². The van der Waals surface area contributed by atoms with E-state index in [-0.39, 0.29) is 29.4 Å². The van der Waals surface area contributed by atoms with Gasteiger partial charge in [-0.05, 0) is 18.2 Å². The van der Waals surface area contributed by atoms with Gasteiger partial charge in [0, 0.05) is 25.0 Å². The summed E-state index contributed by atoms with van der Waals surface area (Å²) in [6.07, 6.45) is 1.42. The van der Waals surface area contributed by atoms with E-state index in [0.717, 1.165) is 5.69 Å². The molecular weight excluding hydrogens is 348 g/mol. The van der Waals surface area contributed by atoms with Crippen molar-refractivity contribution in [2.45, 2.75) is 0 Å². The van der Waals surface area contributed by atoms with Gasteiger partial charge < -0.3 is 20.3 Å². The van der Waals surface area contributed by atoms with Crippen molar-refractivity contribution in [1.82, 2.24) is 30.1 Å². The third-order valence-corrected chi connectivity index (χ3v) is 3.71. The quantitative estimate of drug-likeness (QED) is 0.554. The molecule has 0 radical (unpaired) electrons. The lowest BCUT2D eigenvalue weighted by Gasteiger charge is -2.17. The van der Waals surface area contributed by atoms with Gasteiger partial charge in [0.05, 0.1) is 5.56 Å². The van der Waals surface area contributed by atoms with Gasteiger partial charge in [-0.3, -0.25) is 0 Å². The number of benzene rings is 1. The molecule has 0 aliphatic heterocycles. The Balaban J connectivity index is 1.69. The monoisotopic (exact) mass is 362 g/mol. The third kappa shape index (κ3) is 3.35. The number of nitrogens with zero attached hydrogens (tertiary/aromatic N) is 7. The molecule has 0 aliphatic rings. The molecule has 0 spiro atoms. The topological polar surface area (TPSA) is 140 Å². The summed E-state index contributed by atoms with van der Waals surface area (Å²) in [5.74, 6) is 0.848. The van der Waals surface area contributed by atoms with Crippen LogP contribution in [0.5, 0.6) is 5.88 Å². The number of hydrogen-bond acceptors (Lipinski definition) is 10. The molecule has 10 heteroatoms. The Morgan fingerprint density at radius 1 is 0.963 bits per heavy atom. The van der Waals surface area contributed by atoms with Gasteiger partial charge in [-0.15, -0.1) is 0 Å². The number of nitrogens with two attached hydrogens (primary N) is 1. The molecular formula is C17H14N8O2. The highest BCUT2D eigenvalue weighted by Gasteiger charge is 2.17. The molecule has 1 aromatic carbocycles. The highest BCUT2D eigenvalue weighted by Crippen LogP contribution is 2.24. The lowest BCUT2D eigenvalue weighted by Crippen LogP contribution is -2.15. The fraction of sp³-hybridized carbons (Fsp3) is 0.0588. The van der Waals surface area contributed by atoms with Crippen LogP contribution >= 0.6 is 0 Å². The molecule has 0 saturated heterocycles. The molecule has 10 nitrogen and oxygen atoms in total. The smallest absolute Gasteiger partial charge is 0.259 e. The summed E-state index contributed by atoms with van der Waals surface area (Å²) in [6, 6.07) is 12.6. The minimum absolute atomic E-state index is 0.0374. The van der Waals surface area contributed by atoms with Crippen molar-refractivity contribution < 1.29 is 9.63 Å². The summed E-state index contributed by atoms with van der Waals surface area (Å²) in [5, 5.41) is 13.2. The van der Waals surface area contributed by atoms with E-state index in [2.05, 4.69) is 30.1 Å². The zero-order chi connectivity index (χ0) is 18.8. The zero-order valence-corrected chi connectivity index (χ0v) is 14.2. The molecule has 3 aromatic heterocycles. The number of aromatic hydroxyl groups is 1. The first-order valence-corrected chi connectivity index (χ1v) is 7.90. The van der Waals surface area contributed by atoms with E-state index in [1.165, 1.54) is 12.3 Å². The van der Waals surface area contributed by atoms with Crippen molar-refractivity contribution in [2.24, 2.45) is 0 Å². The first-order valence-electron chi connectivity index (χ1n) is 7.90. The third-order valence-electron chi connectivity index (χ3n) is 3.71. The van der Waals surface area contributed by atoms with Gasteiger partial charge >= 0.3 is 0 Å². The SMILES string of the molecule is CN(c1ccccc1)c1nc(N)nc(-c2noc(-c3ccc(O)nc3)n2)n1. The molecule has 0 amide bonds. The van der Waals surface area contributed by atoms with E-state index in [4.69, 9.17) is 10.3 Å². The van der Waals surface area contributed by atoms with Crippen LogP contribution < -0.4 is 10.6 Å². The van der Waals surface area contributed by atoms with Crippen LogP contribution in [0.1, 0.15) is 0 Å². The van der Waals surface area contributed by atoms with Crippen molar-refractivity contribution in [3.8, 4) is 29.0 Å². The summed E-state index contributed by atoms with van der Waals surface area (Å²) in [6.45, 7) is 0. The van der Waals surface area contributed by atoms with E-state index in [0.29, 0.717) is 11.5 Å². The highest BCUT2D eigenvalue weighted by atomic mass is 16.5. The maximum atomic E-state index is 9.27. The Bertz CT molecular complexity index is 1070. The number of hydrogen-bond donors (Lipinski definition) is 2. The lowest BCUT2D eigenvalue weighted by atomic mass is 10.3. The first kappa shape index (κ1) is 16.4. The van der Waals surface area contributed by atoms with Crippen LogP contribution in [0.4, 0.5) is 17.6 Å². The van der Waals surface area contributed by atoms with E-state index in [1.807, 2.05) is 37.4 Å². The molecule has 0 aliphatic carbocycles. The van der Waals surface area contributed by atoms with E-state index in [1.54, 1.807) is 11.0 Å². The second kappa shape index (κ2) is 6.67. The molecule has 134 valence electrons. The standard InChI is InChI=1S/C17H14N8O2/c1-25(11-5-3-2-4-6-11)17-22-13(21-16(18)23-17)14-20-15(27-24-14)10-7-8-12(26)19-9-10/h2-9H,1H3,(H,19,26)(H2,18,21,22,23). The van der Waals surface area contributed by atoms with Crippen molar-refractivity contribution >= 4 is 17.6 Å². The van der Waals surface area contributed by atoms with Gasteiger partial charge in [-0.1, -0.05) is 23.4 Å². The van der Waals surface area contributed by atoms with Crippen molar-refractivity contribution in [1.29, 1.82) is 0 Å². The zero-order valence-electron chi connectivity index (χ0n) is 14.2. The summed E-state index contributed by atoms with van der Waals surface area (Å²) < 4.78 is 5.23. The molecule has 0 bridgehead atoms. The number of rotatable bonds is 4. The molecule has 3 N–H and O–H groups in total. The molecule has 27 heavy (non-hydrogen) atoms. The number of nitrogen functional groups attached to an aromatic ring is 1. The van der Waals surface area contributed by atoms with Crippen LogP contribution in [0.15, 0.2) is 53.2 Å². The summed E-state index contributed by atoms with van der Waals surface area (Å²) >= 11 is 0. The van der Waals surface area contributed by atoms with E-state index >= 15 is 0 Å². The van der Waals surface area contributed by atoms with Crippen LogP contribution in [-0.2, 0) is 0 Å². The number of para-hydroxylation sites is 1. The van der Waals surface area contributed by atoms with Crippen LogP contribution in [0.25, 0.3) is 23.1 Å². The van der Waals surface area contributed by atoms with Crippen molar-refractivity contribution in [3.05, 3.63) is 48.7 Å². The van der Waals surface area contributed by atoms with Gasteiger partial charge in [0.15, 0.2) is 0 Å². The number of anilines is 3. The van der Waals surface area contributed by atoms with Crippen LogP contribution in [0, 0.1) is 0 Å². The Morgan fingerprint density at radius 2 is 1.78 bits per heavy atom. The molecule has 0 atom stereocenters. The first-order chi connectivity index (χ1) is 13.1. The minimum atomic E-state index is -0.0997. The summed E-state index contributed by atoms with van der Waals surface area (Å²) in [7, 11) is 1.82. The van der Waals surface area contributed by atoms with E-state index < -0.39 is 0 Å². The second-order valence-corrected chi connectivity index (χ2v) is 5.54. The predicted octanol–water partition coefficient (Wildman–Crippen LogP) is 2.04.